The van der Waals surface area contributed by atoms with Crippen molar-refractivity contribution in [2.75, 3.05) is 0 Å². The second kappa shape index (κ2) is 16.8. The van der Waals surface area contributed by atoms with Crippen molar-refractivity contribution < 1.29 is 84.5 Å². The maximum absolute atomic E-state index is 11.6. The van der Waals surface area contributed by atoms with Gasteiger partial charge in [0.1, 0.15) is 0 Å². The van der Waals surface area contributed by atoms with Crippen molar-refractivity contribution in [1.82, 2.24) is 0 Å². The predicted octanol–water partition coefficient (Wildman–Crippen LogP) is -3.48. The smallest absolute Gasteiger partial charge is 1.00 e. The molecule has 0 saturated carbocycles. The van der Waals surface area contributed by atoms with Crippen LogP contribution in [0.15, 0.2) is 0 Å². The fourth-order valence-electron chi connectivity index (χ4n) is 2.83. The van der Waals surface area contributed by atoms with Crippen molar-refractivity contribution >= 4 is 21.9 Å². The fourth-order valence-corrected chi connectivity index (χ4v) is 3.81. The summed E-state index contributed by atoms with van der Waals surface area (Å²) in [6.07, 6.45) is 9.36. The van der Waals surface area contributed by atoms with Gasteiger partial charge in [0, 0.05) is 0 Å². The minimum Gasteiger partial charge on any atom is -1.00 e. The molecule has 0 aromatic carbocycles. The van der Waals surface area contributed by atoms with E-state index in [2.05, 4.69) is 6.92 Å². The zero-order valence-corrected chi connectivity index (χ0v) is 21.4. The molecule has 146 valence electrons. The topological polar surface area (TPSA) is 141 Å². The van der Waals surface area contributed by atoms with E-state index in [1.807, 2.05) is 0 Å². The predicted molar refractivity (Wildman–Crippen MR) is 96.0 cm³/mol. The molecule has 2 amide bonds. The van der Waals surface area contributed by atoms with Gasteiger partial charge in [-0.2, -0.15) is 8.42 Å². The average Bonchev–Trinajstić information content (AvgIpc) is 2.46. The molecule has 0 aliphatic carbocycles. The number of nitrogens with two attached hydrogens (primary N) is 2. The van der Waals surface area contributed by atoms with E-state index in [9.17, 15) is 22.6 Å². The molecule has 0 radical (unpaired) electrons. The first-order chi connectivity index (χ1) is 11.2. The van der Waals surface area contributed by atoms with Crippen molar-refractivity contribution in [3.63, 3.8) is 0 Å². The average molecular weight is 413 g/mol. The summed E-state index contributed by atoms with van der Waals surface area (Å²) in [5, 5.41) is 0. The van der Waals surface area contributed by atoms with Crippen LogP contribution in [0.4, 0.5) is 0 Å². The van der Waals surface area contributed by atoms with Crippen LogP contribution >= 0.6 is 0 Å². The third kappa shape index (κ3) is 12.3. The molecule has 26 heavy (non-hydrogen) atoms. The van der Waals surface area contributed by atoms with Gasteiger partial charge >= 0.3 is 59.1 Å². The molecule has 10 heteroatoms. The number of carbonyl (C=O) groups excluding carboxylic acids is 2. The van der Waals surface area contributed by atoms with E-state index in [1.165, 1.54) is 32.1 Å². The Morgan fingerprint density at radius 2 is 1.27 bits per heavy atom. The largest absolute Gasteiger partial charge is 1.00 e. The molecule has 0 rings (SSSR count). The molecule has 7 nitrogen and oxygen atoms in total. The maximum atomic E-state index is 11.6. The van der Waals surface area contributed by atoms with E-state index in [-0.39, 0.29) is 68.4 Å². The SMILES string of the molecule is CCCCCCCCCCCCC(CC(N)=O)(C(N)=O)S(=O)(=O)O.[H-].[H-].[Na+].[Na+]. The van der Waals surface area contributed by atoms with Crippen LogP contribution in [0.2, 0.25) is 0 Å². The van der Waals surface area contributed by atoms with Gasteiger partial charge in [0.25, 0.3) is 10.1 Å². The van der Waals surface area contributed by atoms with Crippen LogP contribution in [0, 0.1) is 0 Å². The number of rotatable bonds is 15. The molecular formula is C16H34N2Na2O5S. The van der Waals surface area contributed by atoms with Crippen LogP contribution in [0.3, 0.4) is 0 Å². The second-order valence-corrected chi connectivity index (χ2v) is 8.14. The van der Waals surface area contributed by atoms with Crippen molar-refractivity contribution in [2.45, 2.75) is 88.7 Å². The van der Waals surface area contributed by atoms with E-state index in [4.69, 9.17) is 11.5 Å². The van der Waals surface area contributed by atoms with Crippen LogP contribution in [-0.4, -0.2) is 29.5 Å². The molecular weight excluding hydrogens is 378 g/mol. The molecule has 0 spiro atoms. The molecule has 0 bridgehead atoms. The minimum absolute atomic E-state index is 0. The quantitative estimate of drug-likeness (QED) is 0.146. The van der Waals surface area contributed by atoms with Crippen LogP contribution in [0.25, 0.3) is 0 Å². The number of unbranched alkanes of at least 4 members (excludes halogenated alkanes) is 9. The number of primary amides is 2. The Morgan fingerprint density at radius 1 is 0.885 bits per heavy atom. The summed E-state index contributed by atoms with van der Waals surface area (Å²) in [6, 6.07) is 0. The summed E-state index contributed by atoms with van der Waals surface area (Å²) in [6.45, 7) is 2.18. The van der Waals surface area contributed by atoms with Crippen LogP contribution in [0.1, 0.15) is 86.8 Å². The van der Waals surface area contributed by atoms with Gasteiger partial charge in [-0.15, -0.1) is 0 Å². The van der Waals surface area contributed by atoms with E-state index in [1.54, 1.807) is 0 Å². The zero-order valence-electron chi connectivity index (χ0n) is 18.6. The number of hydrogen-bond donors (Lipinski definition) is 3. The van der Waals surface area contributed by atoms with Gasteiger partial charge in [-0.1, -0.05) is 71.1 Å². The molecule has 0 aromatic heterocycles. The van der Waals surface area contributed by atoms with Gasteiger partial charge in [0.15, 0.2) is 4.75 Å². The summed E-state index contributed by atoms with van der Waals surface area (Å²) < 4.78 is 30.2. The van der Waals surface area contributed by atoms with Gasteiger partial charge in [0.2, 0.25) is 11.8 Å². The van der Waals surface area contributed by atoms with Crippen LogP contribution in [0.5, 0.6) is 0 Å². The molecule has 0 aliphatic heterocycles. The van der Waals surface area contributed by atoms with E-state index in [0.717, 1.165) is 19.3 Å². The monoisotopic (exact) mass is 412 g/mol. The molecule has 0 aliphatic rings. The Balaban J connectivity index is -0.000000441. The van der Waals surface area contributed by atoms with Gasteiger partial charge < -0.3 is 14.3 Å². The molecule has 5 N–H and O–H groups in total. The molecule has 0 heterocycles. The van der Waals surface area contributed by atoms with Gasteiger partial charge in [0.05, 0.1) is 6.42 Å². The first kappa shape index (κ1) is 31.5. The standard InChI is InChI=1S/C16H32N2O5S.2Na.2H/c1-2-3-4-5-6-7-8-9-10-11-12-16(15(18)20,13-14(17)19)24(21,22)23;;;;/h2-13H2,1H3,(H2,17,19)(H2,18,20)(H,21,22,23);;;;/q;2*+1;2*-1. The maximum Gasteiger partial charge on any atom is 1.00 e. The van der Waals surface area contributed by atoms with E-state index < -0.39 is 33.1 Å². The molecule has 0 aromatic rings. The van der Waals surface area contributed by atoms with Gasteiger partial charge in [-0.25, -0.2) is 0 Å². The van der Waals surface area contributed by atoms with Crippen LogP contribution < -0.4 is 70.6 Å². The van der Waals surface area contributed by atoms with E-state index in [0.29, 0.717) is 12.8 Å². The Labute approximate surface area is 205 Å². The Morgan fingerprint density at radius 3 is 1.58 bits per heavy atom. The summed E-state index contributed by atoms with van der Waals surface area (Å²) in [4.78, 5) is 22.7. The van der Waals surface area contributed by atoms with Crippen molar-refractivity contribution in [3.8, 4) is 0 Å². The minimum atomic E-state index is -4.81. The molecule has 0 fully saturated rings. The van der Waals surface area contributed by atoms with Crippen molar-refractivity contribution in [3.05, 3.63) is 0 Å². The molecule has 1 atom stereocenters. The summed E-state index contributed by atoms with van der Waals surface area (Å²) >= 11 is 0. The number of hydrogen-bond acceptors (Lipinski definition) is 4. The first-order valence-electron chi connectivity index (χ1n) is 8.72. The summed E-state index contributed by atoms with van der Waals surface area (Å²) in [5.74, 6) is -2.22. The third-order valence-corrected chi connectivity index (χ3v) is 5.87. The Hall–Kier alpha value is 0.850. The number of amides is 2. The third-order valence-electron chi connectivity index (χ3n) is 4.34. The van der Waals surface area contributed by atoms with Crippen LogP contribution in [-0.2, 0) is 19.7 Å². The molecule has 0 saturated heterocycles. The van der Waals surface area contributed by atoms with Gasteiger partial charge in [-0.3, -0.25) is 14.1 Å². The number of carbonyl (C=O) groups is 2. The second-order valence-electron chi connectivity index (χ2n) is 6.41. The fraction of sp³-hybridized carbons (Fsp3) is 0.875. The molecule has 1 unspecified atom stereocenters. The van der Waals surface area contributed by atoms with E-state index >= 15 is 0 Å². The van der Waals surface area contributed by atoms with Gasteiger partial charge in [-0.05, 0) is 6.42 Å². The first-order valence-corrected chi connectivity index (χ1v) is 10.2. The summed E-state index contributed by atoms with van der Waals surface area (Å²) in [5.41, 5.74) is 10.2. The normalized spacial score (nSPS) is 13.2. The Bertz CT molecular complexity index is 513. The van der Waals surface area contributed by atoms with Crippen molar-refractivity contribution in [2.24, 2.45) is 11.5 Å². The summed E-state index contributed by atoms with van der Waals surface area (Å²) in [7, 11) is -4.81. The Kier molecular flexibility index (Phi) is 20.3. The van der Waals surface area contributed by atoms with Crippen molar-refractivity contribution in [1.29, 1.82) is 0 Å². The zero-order chi connectivity index (χ0) is 18.6.